The SMILES string of the molecule is Nc1[nH]ncc1C(=O)Nc1cccc(S(N)(=O)=O)c1. The minimum atomic E-state index is -3.82. The molecule has 0 bridgehead atoms. The quantitative estimate of drug-likeness (QED) is 0.620. The Balaban J connectivity index is 2.25. The smallest absolute Gasteiger partial charge is 0.261 e. The molecule has 100 valence electrons. The molecule has 1 aromatic carbocycles. The Hall–Kier alpha value is -2.39. The van der Waals surface area contributed by atoms with Gasteiger partial charge in [0.1, 0.15) is 11.4 Å². The van der Waals surface area contributed by atoms with Crippen LogP contribution in [0.15, 0.2) is 35.4 Å². The molecule has 0 saturated heterocycles. The first kappa shape index (κ1) is 13.1. The number of carbonyl (C=O) groups is 1. The molecule has 1 amide bonds. The molecule has 0 aliphatic heterocycles. The molecular weight excluding hydrogens is 270 g/mol. The minimum absolute atomic E-state index is 0.0922. The third kappa shape index (κ3) is 2.89. The number of nitrogens with one attached hydrogen (secondary N) is 2. The van der Waals surface area contributed by atoms with Crippen LogP contribution >= 0.6 is 0 Å². The van der Waals surface area contributed by atoms with E-state index in [9.17, 15) is 13.2 Å². The number of amides is 1. The van der Waals surface area contributed by atoms with E-state index in [4.69, 9.17) is 10.9 Å². The van der Waals surface area contributed by atoms with Crippen LogP contribution in [0.25, 0.3) is 0 Å². The maximum absolute atomic E-state index is 11.8. The van der Waals surface area contributed by atoms with Crippen molar-refractivity contribution in [2.24, 2.45) is 5.14 Å². The second-order valence-corrected chi connectivity index (χ2v) is 5.29. The van der Waals surface area contributed by atoms with E-state index in [0.29, 0.717) is 0 Å². The Morgan fingerprint density at radius 1 is 1.37 bits per heavy atom. The van der Waals surface area contributed by atoms with E-state index in [2.05, 4.69) is 15.5 Å². The van der Waals surface area contributed by atoms with Crippen LogP contribution in [0.4, 0.5) is 11.5 Å². The first-order chi connectivity index (χ1) is 8.88. The third-order valence-corrected chi connectivity index (χ3v) is 3.24. The van der Waals surface area contributed by atoms with E-state index < -0.39 is 15.9 Å². The van der Waals surface area contributed by atoms with Crippen LogP contribution in [0, 0.1) is 0 Å². The molecule has 1 aromatic heterocycles. The van der Waals surface area contributed by atoms with Gasteiger partial charge in [-0.2, -0.15) is 5.10 Å². The van der Waals surface area contributed by atoms with E-state index in [1.807, 2.05) is 0 Å². The maximum atomic E-state index is 11.8. The van der Waals surface area contributed by atoms with Crippen molar-refractivity contribution < 1.29 is 13.2 Å². The Labute approximate surface area is 108 Å². The second kappa shape index (κ2) is 4.71. The van der Waals surface area contributed by atoms with Crippen LogP contribution in [0.5, 0.6) is 0 Å². The molecule has 0 saturated carbocycles. The van der Waals surface area contributed by atoms with Gasteiger partial charge in [0.25, 0.3) is 5.91 Å². The number of nitrogen functional groups attached to an aromatic ring is 1. The summed E-state index contributed by atoms with van der Waals surface area (Å²) in [4.78, 5) is 11.7. The van der Waals surface area contributed by atoms with Gasteiger partial charge in [0.15, 0.2) is 0 Å². The highest BCUT2D eigenvalue weighted by molar-refractivity contribution is 7.89. The zero-order valence-electron chi connectivity index (χ0n) is 9.62. The molecule has 2 rings (SSSR count). The maximum Gasteiger partial charge on any atom is 0.261 e. The lowest BCUT2D eigenvalue weighted by Crippen LogP contribution is -2.15. The van der Waals surface area contributed by atoms with E-state index in [1.54, 1.807) is 0 Å². The number of aromatic nitrogens is 2. The fourth-order valence-corrected chi connectivity index (χ4v) is 1.99. The average Bonchev–Trinajstić information content (AvgIpc) is 2.75. The van der Waals surface area contributed by atoms with Crippen molar-refractivity contribution >= 4 is 27.4 Å². The Kier molecular flexibility index (Phi) is 3.23. The second-order valence-electron chi connectivity index (χ2n) is 3.72. The third-order valence-electron chi connectivity index (χ3n) is 2.33. The van der Waals surface area contributed by atoms with Crippen molar-refractivity contribution in [1.82, 2.24) is 10.2 Å². The summed E-state index contributed by atoms with van der Waals surface area (Å²) in [6.07, 6.45) is 1.27. The van der Waals surface area contributed by atoms with Gasteiger partial charge in [0, 0.05) is 5.69 Å². The predicted molar refractivity (Wildman–Crippen MR) is 68.8 cm³/mol. The van der Waals surface area contributed by atoms with Gasteiger partial charge < -0.3 is 11.1 Å². The van der Waals surface area contributed by atoms with Gasteiger partial charge in [-0.3, -0.25) is 9.89 Å². The minimum Gasteiger partial charge on any atom is -0.383 e. The number of anilines is 2. The van der Waals surface area contributed by atoms with Crippen LogP contribution in [0.1, 0.15) is 10.4 Å². The Morgan fingerprint density at radius 3 is 2.68 bits per heavy atom. The molecule has 0 aliphatic carbocycles. The standard InChI is InChI=1S/C10H11N5O3S/c11-9-8(5-13-15-9)10(16)14-6-2-1-3-7(4-6)19(12,17)18/h1-5H,(H,14,16)(H3,11,13,15)(H2,12,17,18). The molecule has 8 nitrogen and oxygen atoms in total. The monoisotopic (exact) mass is 281 g/mol. The van der Waals surface area contributed by atoms with Gasteiger partial charge in [0.05, 0.1) is 11.1 Å². The predicted octanol–water partition coefficient (Wildman–Crippen LogP) is -0.108. The fraction of sp³-hybridized carbons (Fsp3) is 0. The summed E-state index contributed by atoms with van der Waals surface area (Å²) in [6, 6.07) is 5.58. The molecule has 2 aromatic rings. The van der Waals surface area contributed by atoms with Crippen molar-refractivity contribution in [2.75, 3.05) is 11.1 Å². The van der Waals surface area contributed by atoms with Gasteiger partial charge in [-0.15, -0.1) is 0 Å². The fourth-order valence-electron chi connectivity index (χ4n) is 1.43. The molecule has 9 heteroatoms. The van der Waals surface area contributed by atoms with E-state index in [1.165, 1.54) is 30.5 Å². The lowest BCUT2D eigenvalue weighted by molar-refractivity contribution is 0.102. The van der Waals surface area contributed by atoms with Gasteiger partial charge in [-0.05, 0) is 18.2 Å². The normalized spacial score (nSPS) is 11.2. The molecule has 0 radical (unpaired) electrons. The zero-order chi connectivity index (χ0) is 14.0. The number of rotatable bonds is 3. The Morgan fingerprint density at radius 2 is 2.11 bits per heavy atom. The number of hydrogen-bond acceptors (Lipinski definition) is 5. The summed E-state index contributed by atoms with van der Waals surface area (Å²) in [5.41, 5.74) is 5.96. The Bertz CT molecular complexity index is 722. The highest BCUT2D eigenvalue weighted by Crippen LogP contribution is 2.16. The van der Waals surface area contributed by atoms with E-state index in [-0.39, 0.29) is 22.0 Å². The van der Waals surface area contributed by atoms with Crippen LogP contribution < -0.4 is 16.2 Å². The first-order valence-corrected chi connectivity index (χ1v) is 6.65. The molecule has 19 heavy (non-hydrogen) atoms. The van der Waals surface area contributed by atoms with Crippen molar-refractivity contribution in [1.29, 1.82) is 0 Å². The van der Waals surface area contributed by atoms with Gasteiger partial charge in [-0.1, -0.05) is 6.07 Å². The lowest BCUT2D eigenvalue weighted by Gasteiger charge is -2.05. The number of H-pyrrole nitrogens is 1. The number of primary sulfonamides is 1. The van der Waals surface area contributed by atoms with Crippen LogP contribution in [-0.4, -0.2) is 24.5 Å². The molecule has 0 unspecified atom stereocenters. The molecule has 0 atom stereocenters. The van der Waals surface area contributed by atoms with Gasteiger partial charge in [0.2, 0.25) is 10.0 Å². The highest BCUT2D eigenvalue weighted by atomic mass is 32.2. The topological polar surface area (TPSA) is 144 Å². The zero-order valence-corrected chi connectivity index (χ0v) is 10.4. The molecule has 0 spiro atoms. The molecule has 0 aliphatic rings. The summed E-state index contributed by atoms with van der Waals surface area (Å²) in [5, 5.41) is 13.5. The molecule has 1 heterocycles. The summed E-state index contributed by atoms with van der Waals surface area (Å²) in [5.74, 6) is -0.377. The first-order valence-electron chi connectivity index (χ1n) is 5.11. The van der Waals surface area contributed by atoms with Crippen molar-refractivity contribution in [2.45, 2.75) is 4.90 Å². The lowest BCUT2D eigenvalue weighted by atomic mass is 10.2. The van der Waals surface area contributed by atoms with Gasteiger partial charge >= 0.3 is 0 Å². The van der Waals surface area contributed by atoms with Crippen molar-refractivity contribution in [3.63, 3.8) is 0 Å². The largest absolute Gasteiger partial charge is 0.383 e. The summed E-state index contributed by atoms with van der Waals surface area (Å²) >= 11 is 0. The summed E-state index contributed by atoms with van der Waals surface area (Å²) in [7, 11) is -3.82. The molecule has 0 fully saturated rings. The average molecular weight is 281 g/mol. The number of benzene rings is 1. The number of nitrogens with two attached hydrogens (primary N) is 2. The van der Waals surface area contributed by atoms with Crippen molar-refractivity contribution in [3.8, 4) is 0 Å². The number of sulfonamides is 1. The van der Waals surface area contributed by atoms with Crippen LogP contribution in [0.2, 0.25) is 0 Å². The summed E-state index contributed by atoms with van der Waals surface area (Å²) < 4.78 is 22.4. The number of nitrogens with zero attached hydrogens (tertiary/aromatic N) is 1. The van der Waals surface area contributed by atoms with Crippen molar-refractivity contribution in [3.05, 3.63) is 36.0 Å². The number of carbonyl (C=O) groups excluding carboxylic acids is 1. The number of hydrogen-bond donors (Lipinski definition) is 4. The van der Waals surface area contributed by atoms with E-state index >= 15 is 0 Å². The molecule has 6 N–H and O–H groups in total. The van der Waals surface area contributed by atoms with Crippen LogP contribution in [0.3, 0.4) is 0 Å². The molecular formula is C10H11N5O3S. The van der Waals surface area contributed by atoms with Gasteiger partial charge in [-0.25, -0.2) is 13.6 Å². The number of aromatic amines is 1. The van der Waals surface area contributed by atoms with Crippen LogP contribution in [-0.2, 0) is 10.0 Å². The summed E-state index contributed by atoms with van der Waals surface area (Å²) in [6.45, 7) is 0. The highest BCUT2D eigenvalue weighted by Gasteiger charge is 2.13. The van der Waals surface area contributed by atoms with E-state index in [0.717, 1.165) is 0 Å².